The summed E-state index contributed by atoms with van der Waals surface area (Å²) in [4.78, 5) is 30.3. The van der Waals surface area contributed by atoms with Gasteiger partial charge in [0, 0.05) is 18.2 Å². The Balaban J connectivity index is 1.73. The molecule has 0 spiro atoms. The van der Waals surface area contributed by atoms with Gasteiger partial charge >= 0.3 is 5.97 Å². The van der Waals surface area contributed by atoms with Crippen LogP contribution in [0, 0.1) is 6.92 Å². The number of aromatic carboxylic acids is 1. The van der Waals surface area contributed by atoms with Crippen LogP contribution in [0.1, 0.15) is 58.5 Å². The fourth-order valence-electron chi connectivity index (χ4n) is 4.54. The summed E-state index contributed by atoms with van der Waals surface area (Å²) < 4.78 is 11.7. The van der Waals surface area contributed by atoms with Gasteiger partial charge in [0.25, 0.3) is 0 Å². The highest BCUT2D eigenvalue weighted by molar-refractivity contribution is 6.34. The normalized spacial score (nSPS) is 15.9. The molecule has 202 valence electrons. The molecule has 3 aromatic rings. The first-order valence-electron chi connectivity index (χ1n) is 13.1. The Morgan fingerprint density at radius 2 is 1.64 bits per heavy atom. The molecule has 0 bridgehead atoms. The van der Waals surface area contributed by atoms with E-state index in [2.05, 4.69) is 4.99 Å². The Kier molecular flexibility index (Phi) is 8.87. The molecule has 39 heavy (non-hydrogen) atoms. The molecule has 4 rings (SSSR count). The molecule has 1 aliphatic rings. The lowest BCUT2D eigenvalue weighted by molar-refractivity contribution is 0.0696. The SMILES string of the molecule is CCCOc1ccc(C(=O)C2(Cc3cc(-c4ccc(C)c(C(=O)O)c4)ccc3OCCC)C=CC=N2)c(Cl)c1. The van der Waals surface area contributed by atoms with Gasteiger partial charge in [0.15, 0.2) is 5.78 Å². The second kappa shape index (κ2) is 12.3. The van der Waals surface area contributed by atoms with Crippen LogP contribution >= 0.6 is 11.6 Å². The van der Waals surface area contributed by atoms with E-state index in [0.29, 0.717) is 40.9 Å². The molecule has 0 fully saturated rings. The smallest absolute Gasteiger partial charge is 0.335 e. The minimum Gasteiger partial charge on any atom is -0.494 e. The van der Waals surface area contributed by atoms with Crippen molar-refractivity contribution in [3.8, 4) is 22.6 Å². The molecule has 1 N–H and O–H groups in total. The zero-order chi connectivity index (χ0) is 28.0. The van der Waals surface area contributed by atoms with E-state index in [9.17, 15) is 14.7 Å². The Labute approximate surface area is 234 Å². The number of halogens is 1. The molecule has 0 aliphatic carbocycles. The fourth-order valence-corrected chi connectivity index (χ4v) is 4.79. The number of nitrogens with zero attached hydrogens (tertiary/aromatic N) is 1. The number of carboxylic acids is 1. The summed E-state index contributed by atoms with van der Waals surface area (Å²) in [6.45, 7) is 6.90. The maximum atomic E-state index is 14.0. The van der Waals surface area contributed by atoms with Crippen LogP contribution in [0.25, 0.3) is 11.1 Å². The zero-order valence-corrected chi connectivity index (χ0v) is 23.1. The van der Waals surface area contributed by atoms with Crippen LogP contribution in [-0.2, 0) is 6.42 Å². The lowest BCUT2D eigenvalue weighted by atomic mass is 9.83. The van der Waals surface area contributed by atoms with Crippen LogP contribution in [0.2, 0.25) is 5.02 Å². The average molecular weight is 546 g/mol. The minimum absolute atomic E-state index is 0.227. The topological polar surface area (TPSA) is 85.2 Å². The van der Waals surface area contributed by atoms with E-state index in [1.54, 1.807) is 55.6 Å². The van der Waals surface area contributed by atoms with E-state index in [1.807, 2.05) is 38.1 Å². The quantitative estimate of drug-likeness (QED) is 0.240. The standard InChI is InChI=1S/C32H32ClNO5/c1-4-15-38-25-10-11-26(28(33)19-25)30(35)32(13-6-14-34-32)20-24-17-22(9-12-29(24)39-16-5-2)23-8-7-21(3)27(18-23)31(36)37/h6-14,17-19H,4-5,15-16,20H2,1-3H3,(H,36,37). The van der Waals surface area contributed by atoms with Crippen molar-refractivity contribution in [2.45, 2.75) is 45.6 Å². The molecule has 0 saturated heterocycles. The van der Waals surface area contributed by atoms with E-state index in [1.165, 1.54) is 0 Å². The average Bonchev–Trinajstić information content (AvgIpc) is 3.40. The van der Waals surface area contributed by atoms with Gasteiger partial charge in [-0.2, -0.15) is 0 Å². The number of allylic oxidation sites excluding steroid dienone is 1. The number of aliphatic imine (C=N–C) groups is 1. The number of ketones is 1. The third kappa shape index (κ3) is 6.23. The van der Waals surface area contributed by atoms with Gasteiger partial charge in [-0.15, -0.1) is 0 Å². The highest BCUT2D eigenvalue weighted by Crippen LogP contribution is 2.36. The maximum Gasteiger partial charge on any atom is 0.335 e. The van der Waals surface area contributed by atoms with Crippen molar-refractivity contribution in [1.29, 1.82) is 0 Å². The largest absolute Gasteiger partial charge is 0.494 e. The van der Waals surface area contributed by atoms with Crippen molar-refractivity contribution in [2.24, 2.45) is 4.99 Å². The van der Waals surface area contributed by atoms with Gasteiger partial charge < -0.3 is 14.6 Å². The van der Waals surface area contributed by atoms with E-state index < -0.39 is 11.5 Å². The zero-order valence-electron chi connectivity index (χ0n) is 22.4. The molecule has 1 heterocycles. The Morgan fingerprint density at radius 3 is 2.31 bits per heavy atom. The van der Waals surface area contributed by atoms with Crippen molar-refractivity contribution < 1.29 is 24.2 Å². The van der Waals surface area contributed by atoms with Crippen LogP contribution in [0.4, 0.5) is 0 Å². The van der Waals surface area contributed by atoms with Gasteiger partial charge in [0.05, 0.1) is 23.8 Å². The van der Waals surface area contributed by atoms with Gasteiger partial charge in [-0.25, -0.2) is 4.79 Å². The number of Topliss-reactive ketones (excluding diaryl/α,β-unsaturated/α-hetero) is 1. The summed E-state index contributed by atoms with van der Waals surface area (Å²) in [6, 6.07) is 16.2. The highest BCUT2D eigenvalue weighted by Gasteiger charge is 2.39. The molecule has 1 unspecified atom stereocenters. The van der Waals surface area contributed by atoms with E-state index >= 15 is 0 Å². The molecule has 3 aromatic carbocycles. The molecular formula is C32H32ClNO5. The second-order valence-corrected chi connectivity index (χ2v) is 9.97. The Hall–Kier alpha value is -3.90. The van der Waals surface area contributed by atoms with Crippen molar-refractivity contribution in [3.63, 3.8) is 0 Å². The predicted molar refractivity (Wildman–Crippen MR) is 155 cm³/mol. The number of hydrogen-bond acceptors (Lipinski definition) is 5. The van der Waals surface area contributed by atoms with Gasteiger partial charge in [-0.1, -0.05) is 43.6 Å². The number of hydrogen-bond donors (Lipinski definition) is 1. The first-order chi connectivity index (χ1) is 18.8. The molecule has 1 aliphatic heterocycles. The Morgan fingerprint density at radius 1 is 0.923 bits per heavy atom. The summed E-state index contributed by atoms with van der Waals surface area (Å²) in [7, 11) is 0. The summed E-state index contributed by atoms with van der Waals surface area (Å²) in [5.41, 5.74) is 2.47. The van der Waals surface area contributed by atoms with Gasteiger partial charge in [0.1, 0.15) is 17.0 Å². The van der Waals surface area contributed by atoms with Gasteiger partial charge in [-0.3, -0.25) is 9.79 Å². The maximum absolute atomic E-state index is 14.0. The van der Waals surface area contributed by atoms with Crippen LogP contribution < -0.4 is 9.47 Å². The van der Waals surface area contributed by atoms with Crippen molar-refractivity contribution in [2.75, 3.05) is 13.2 Å². The van der Waals surface area contributed by atoms with E-state index in [0.717, 1.165) is 29.5 Å². The summed E-state index contributed by atoms with van der Waals surface area (Å²) in [5, 5.41) is 9.91. The number of carboxylic acid groups (broad SMARTS) is 1. The highest BCUT2D eigenvalue weighted by atomic mass is 35.5. The summed E-state index contributed by atoms with van der Waals surface area (Å²) >= 11 is 6.56. The van der Waals surface area contributed by atoms with Crippen molar-refractivity contribution in [1.82, 2.24) is 0 Å². The van der Waals surface area contributed by atoms with Crippen LogP contribution in [0.15, 0.2) is 71.7 Å². The molecule has 1 atom stereocenters. The third-order valence-electron chi connectivity index (χ3n) is 6.60. The molecule has 0 aromatic heterocycles. The lowest BCUT2D eigenvalue weighted by Gasteiger charge is -2.25. The van der Waals surface area contributed by atoms with Crippen LogP contribution in [0.5, 0.6) is 11.5 Å². The monoisotopic (exact) mass is 545 g/mol. The molecule has 6 nitrogen and oxygen atoms in total. The molecular weight excluding hydrogens is 514 g/mol. The van der Waals surface area contributed by atoms with Crippen molar-refractivity contribution >= 4 is 29.6 Å². The Bertz CT molecular complexity index is 1430. The number of rotatable bonds is 12. The second-order valence-electron chi connectivity index (χ2n) is 9.56. The first-order valence-corrected chi connectivity index (χ1v) is 13.5. The van der Waals surface area contributed by atoms with Gasteiger partial charge in [-0.05, 0) is 90.6 Å². The molecule has 0 radical (unpaired) electrons. The van der Waals surface area contributed by atoms with E-state index in [4.69, 9.17) is 21.1 Å². The number of aryl methyl sites for hydroxylation is 1. The third-order valence-corrected chi connectivity index (χ3v) is 6.91. The fraction of sp³-hybridized carbons (Fsp3) is 0.281. The van der Waals surface area contributed by atoms with Crippen LogP contribution in [0.3, 0.4) is 0 Å². The van der Waals surface area contributed by atoms with Crippen molar-refractivity contribution in [3.05, 3.63) is 94.0 Å². The van der Waals surface area contributed by atoms with Crippen LogP contribution in [-0.4, -0.2) is 41.8 Å². The summed E-state index contributed by atoms with van der Waals surface area (Å²) in [5.74, 6) is 0.0632. The number of carbonyl (C=O) groups is 2. The minimum atomic E-state index is -1.20. The molecule has 0 saturated carbocycles. The van der Waals surface area contributed by atoms with E-state index in [-0.39, 0.29) is 17.8 Å². The number of carbonyl (C=O) groups excluding carboxylic acids is 1. The number of ether oxygens (including phenoxy) is 2. The lowest BCUT2D eigenvalue weighted by Crippen LogP contribution is -2.36. The molecule has 0 amide bonds. The number of benzene rings is 3. The first kappa shape index (κ1) is 28.1. The van der Waals surface area contributed by atoms with Gasteiger partial charge in [0.2, 0.25) is 0 Å². The summed E-state index contributed by atoms with van der Waals surface area (Å²) in [6.07, 6.45) is 7.11. The molecule has 7 heteroatoms. The predicted octanol–water partition coefficient (Wildman–Crippen LogP) is 7.40.